The average molecular weight is 296 g/mol. The van der Waals surface area contributed by atoms with E-state index in [2.05, 4.69) is 6.07 Å². The molecule has 2 rings (SSSR count). The van der Waals surface area contributed by atoms with E-state index in [0.717, 1.165) is 0 Å². The summed E-state index contributed by atoms with van der Waals surface area (Å²) in [6, 6.07) is 16.0. The molecule has 0 aromatic heterocycles. The van der Waals surface area contributed by atoms with Crippen LogP contribution in [0.15, 0.2) is 54.6 Å². The first-order chi connectivity index (χ1) is 10.5. The van der Waals surface area contributed by atoms with Crippen LogP contribution in [0.5, 0.6) is 0 Å². The van der Waals surface area contributed by atoms with Gasteiger partial charge in [-0.15, -0.1) is 0 Å². The molecule has 0 amide bonds. The lowest BCUT2D eigenvalue weighted by molar-refractivity contribution is -0.384. The second-order valence-electron chi connectivity index (χ2n) is 4.76. The molecule has 0 radical (unpaired) electrons. The second-order valence-corrected chi connectivity index (χ2v) is 4.76. The smallest absolute Gasteiger partial charge is 0.305 e. The van der Waals surface area contributed by atoms with Crippen LogP contribution in [-0.2, 0) is 10.2 Å². The molecule has 22 heavy (non-hydrogen) atoms. The Balaban J connectivity index is 2.60. The van der Waals surface area contributed by atoms with E-state index >= 15 is 0 Å². The summed E-state index contributed by atoms with van der Waals surface area (Å²) in [4.78, 5) is 21.4. The largest absolute Gasteiger partial charge is 0.481 e. The maximum Gasteiger partial charge on any atom is 0.305 e. The Morgan fingerprint density at radius 2 is 1.68 bits per heavy atom. The number of non-ortho nitro benzene ring substituents is 1. The third-order valence-corrected chi connectivity index (χ3v) is 3.44. The number of aliphatic carboxylic acids is 1. The quantitative estimate of drug-likeness (QED) is 0.674. The van der Waals surface area contributed by atoms with E-state index in [0.29, 0.717) is 11.1 Å². The first-order valence-electron chi connectivity index (χ1n) is 6.43. The number of carboxylic acids is 1. The van der Waals surface area contributed by atoms with Crippen molar-refractivity contribution in [1.29, 1.82) is 5.26 Å². The molecule has 6 nitrogen and oxygen atoms in total. The molecule has 1 atom stereocenters. The SMILES string of the molecule is N#CC(CC(=O)O)(c1ccccc1)c1ccc([N+](=O)[O-])cc1. The van der Waals surface area contributed by atoms with Crippen LogP contribution in [0.1, 0.15) is 17.5 Å². The number of rotatable bonds is 5. The second kappa shape index (κ2) is 6.06. The van der Waals surface area contributed by atoms with Gasteiger partial charge in [0, 0.05) is 12.1 Å². The maximum absolute atomic E-state index is 11.2. The molecule has 2 aromatic carbocycles. The van der Waals surface area contributed by atoms with Gasteiger partial charge in [0.1, 0.15) is 5.41 Å². The molecule has 2 aromatic rings. The zero-order valence-electron chi connectivity index (χ0n) is 11.5. The minimum Gasteiger partial charge on any atom is -0.481 e. The number of hydrogen-bond acceptors (Lipinski definition) is 4. The lowest BCUT2D eigenvalue weighted by atomic mass is 9.73. The van der Waals surface area contributed by atoms with Crippen LogP contribution in [-0.4, -0.2) is 16.0 Å². The monoisotopic (exact) mass is 296 g/mol. The number of nitriles is 1. The summed E-state index contributed by atoms with van der Waals surface area (Å²) in [5, 5.41) is 29.6. The van der Waals surface area contributed by atoms with Gasteiger partial charge in [-0.2, -0.15) is 5.26 Å². The molecule has 0 bridgehead atoms. The van der Waals surface area contributed by atoms with Crippen LogP contribution in [0.3, 0.4) is 0 Å². The number of hydrogen-bond donors (Lipinski definition) is 1. The standard InChI is InChI=1S/C16H12N2O4/c17-11-16(10-15(19)20,12-4-2-1-3-5-12)13-6-8-14(9-7-13)18(21)22/h1-9H,10H2,(H,19,20). The van der Waals surface area contributed by atoms with Gasteiger partial charge >= 0.3 is 5.97 Å². The van der Waals surface area contributed by atoms with Gasteiger partial charge in [-0.25, -0.2) is 0 Å². The highest BCUT2D eigenvalue weighted by molar-refractivity contribution is 5.72. The number of benzene rings is 2. The highest BCUT2D eigenvalue weighted by Gasteiger charge is 2.37. The van der Waals surface area contributed by atoms with Crippen molar-refractivity contribution < 1.29 is 14.8 Å². The molecule has 0 aliphatic heterocycles. The van der Waals surface area contributed by atoms with E-state index in [1.165, 1.54) is 24.3 Å². The number of nitro groups is 1. The topological polar surface area (TPSA) is 104 Å². The van der Waals surface area contributed by atoms with Crippen molar-refractivity contribution in [2.75, 3.05) is 0 Å². The molecule has 0 saturated carbocycles. The fourth-order valence-corrected chi connectivity index (χ4v) is 2.36. The van der Waals surface area contributed by atoms with Gasteiger partial charge in [0.05, 0.1) is 17.4 Å². The Kier molecular flexibility index (Phi) is 4.18. The van der Waals surface area contributed by atoms with Gasteiger partial charge in [-0.1, -0.05) is 42.5 Å². The van der Waals surface area contributed by atoms with Gasteiger partial charge < -0.3 is 5.11 Å². The van der Waals surface area contributed by atoms with Crippen LogP contribution in [0.25, 0.3) is 0 Å². The van der Waals surface area contributed by atoms with Crippen LogP contribution < -0.4 is 0 Å². The van der Waals surface area contributed by atoms with Crippen molar-refractivity contribution in [3.63, 3.8) is 0 Å². The summed E-state index contributed by atoms with van der Waals surface area (Å²) in [7, 11) is 0. The van der Waals surface area contributed by atoms with E-state index < -0.39 is 22.7 Å². The normalized spacial score (nSPS) is 12.9. The number of carbonyl (C=O) groups is 1. The Hall–Kier alpha value is -3.20. The van der Waals surface area contributed by atoms with Crippen molar-refractivity contribution in [2.45, 2.75) is 11.8 Å². The lowest BCUT2D eigenvalue weighted by Gasteiger charge is -2.26. The van der Waals surface area contributed by atoms with Crippen molar-refractivity contribution in [3.8, 4) is 6.07 Å². The van der Waals surface area contributed by atoms with E-state index in [-0.39, 0.29) is 5.69 Å². The Bertz CT molecular complexity index is 735. The van der Waals surface area contributed by atoms with Crippen molar-refractivity contribution in [3.05, 3.63) is 75.8 Å². The van der Waals surface area contributed by atoms with Crippen molar-refractivity contribution in [2.24, 2.45) is 0 Å². The molecule has 1 unspecified atom stereocenters. The average Bonchev–Trinajstić information content (AvgIpc) is 2.53. The molecule has 6 heteroatoms. The predicted octanol–water partition coefficient (Wildman–Crippen LogP) is 2.88. The van der Waals surface area contributed by atoms with Gasteiger partial charge in [-0.05, 0) is 11.1 Å². The molecule has 0 fully saturated rings. The Labute approximate surface area is 126 Å². The van der Waals surface area contributed by atoms with E-state index in [1.54, 1.807) is 30.3 Å². The zero-order valence-corrected chi connectivity index (χ0v) is 11.5. The highest BCUT2D eigenvalue weighted by Crippen LogP contribution is 2.36. The molecular weight excluding hydrogens is 284 g/mol. The van der Waals surface area contributed by atoms with Gasteiger partial charge in [0.2, 0.25) is 0 Å². The summed E-state index contributed by atoms with van der Waals surface area (Å²) in [6.45, 7) is 0. The van der Waals surface area contributed by atoms with Crippen molar-refractivity contribution in [1.82, 2.24) is 0 Å². The Morgan fingerprint density at radius 1 is 1.14 bits per heavy atom. The minimum atomic E-state index is -1.39. The van der Waals surface area contributed by atoms with Crippen LogP contribution >= 0.6 is 0 Å². The summed E-state index contributed by atoms with van der Waals surface area (Å²) >= 11 is 0. The summed E-state index contributed by atoms with van der Waals surface area (Å²) in [5.41, 5.74) is -0.552. The fraction of sp³-hybridized carbons (Fsp3) is 0.125. The van der Waals surface area contributed by atoms with Crippen molar-refractivity contribution >= 4 is 11.7 Å². The van der Waals surface area contributed by atoms with E-state index in [4.69, 9.17) is 0 Å². The minimum absolute atomic E-state index is 0.112. The molecular formula is C16H12N2O4. The summed E-state index contributed by atoms with van der Waals surface area (Å²) in [6.07, 6.45) is -0.425. The number of nitro benzene ring substituents is 1. The number of carboxylic acid groups (broad SMARTS) is 1. The third kappa shape index (κ3) is 2.79. The van der Waals surface area contributed by atoms with E-state index in [9.17, 15) is 25.3 Å². The maximum atomic E-state index is 11.2. The highest BCUT2D eigenvalue weighted by atomic mass is 16.6. The van der Waals surface area contributed by atoms with Gasteiger partial charge in [0.25, 0.3) is 5.69 Å². The first-order valence-corrected chi connectivity index (χ1v) is 6.43. The van der Waals surface area contributed by atoms with Crippen LogP contribution in [0.2, 0.25) is 0 Å². The molecule has 0 spiro atoms. The molecule has 1 N–H and O–H groups in total. The molecule has 0 aliphatic rings. The molecule has 0 heterocycles. The first kappa shape index (κ1) is 15.2. The Morgan fingerprint density at radius 3 is 2.14 bits per heavy atom. The molecule has 110 valence electrons. The van der Waals surface area contributed by atoms with Gasteiger partial charge in [-0.3, -0.25) is 14.9 Å². The zero-order chi connectivity index (χ0) is 16.2. The van der Waals surface area contributed by atoms with E-state index in [1.807, 2.05) is 0 Å². The van der Waals surface area contributed by atoms with Gasteiger partial charge in [0.15, 0.2) is 0 Å². The number of nitrogens with zero attached hydrogens (tertiary/aromatic N) is 2. The lowest BCUT2D eigenvalue weighted by Crippen LogP contribution is -2.29. The fourth-order valence-electron chi connectivity index (χ4n) is 2.36. The van der Waals surface area contributed by atoms with Crippen LogP contribution in [0, 0.1) is 21.4 Å². The summed E-state index contributed by atoms with van der Waals surface area (Å²) in [5.74, 6) is -1.12. The molecule has 0 saturated heterocycles. The van der Waals surface area contributed by atoms with Crippen LogP contribution in [0.4, 0.5) is 5.69 Å². The third-order valence-electron chi connectivity index (χ3n) is 3.44. The summed E-state index contributed by atoms with van der Waals surface area (Å²) < 4.78 is 0. The predicted molar refractivity (Wildman–Crippen MR) is 78.2 cm³/mol. The molecule has 0 aliphatic carbocycles.